The number of hydrogen-bond acceptors (Lipinski definition) is 5. The fourth-order valence-corrected chi connectivity index (χ4v) is 4.91. The third kappa shape index (κ3) is 5.65. The third-order valence-electron chi connectivity index (χ3n) is 6.41. The van der Waals surface area contributed by atoms with E-state index in [9.17, 15) is 33.0 Å². The van der Waals surface area contributed by atoms with Gasteiger partial charge in [0.1, 0.15) is 0 Å². The summed E-state index contributed by atoms with van der Waals surface area (Å²) in [5, 5.41) is 23.0. The molecule has 0 aliphatic rings. The van der Waals surface area contributed by atoms with Crippen molar-refractivity contribution in [2.75, 3.05) is 0 Å². The highest BCUT2D eigenvalue weighted by molar-refractivity contribution is 6.39. The quantitative estimate of drug-likeness (QED) is 0.282. The van der Waals surface area contributed by atoms with E-state index in [0.29, 0.717) is 10.9 Å². The minimum absolute atomic E-state index is 0.0322. The number of aryl methyl sites for hydroxylation is 1. The van der Waals surface area contributed by atoms with Crippen LogP contribution in [-0.2, 0) is 19.6 Å². The van der Waals surface area contributed by atoms with Gasteiger partial charge in [-0.2, -0.15) is 13.2 Å². The first-order valence-corrected chi connectivity index (χ1v) is 12.3. The molecular weight excluding hydrogens is 558 g/mol. The monoisotopic (exact) mass is 579 g/mol. The number of nitrogens with zero attached hydrogens (tertiary/aromatic N) is 2. The summed E-state index contributed by atoms with van der Waals surface area (Å²) >= 11 is 12.2. The Hall–Kier alpha value is -3.44. The van der Waals surface area contributed by atoms with Crippen LogP contribution in [0.25, 0.3) is 22.0 Å². The number of fused-ring (bicyclic) bond motifs is 1. The van der Waals surface area contributed by atoms with Gasteiger partial charge in [0, 0.05) is 29.9 Å². The predicted molar refractivity (Wildman–Crippen MR) is 142 cm³/mol. The Morgan fingerprint density at radius 3 is 2.38 bits per heavy atom. The highest BCUT2D eigenvalue weighted by atomic mass is 35.5. The van der Waals surface area contributed by atoms with Crippen molar-refractivity contribution in [2.24, 2.45) is 7.05 Å². The van der Waals surface area contributed by atoms with E-state index < -0.39 is 41.1 Å². The lowest BCUT2D eigenvalue weighted by Gasteiger charge is -2.23. The molecule has 3 N–H and O–H groups in total. The Labute approximate surface area is 230 Å². The molecule has 0 saturated heterocycles. The van der Waals surface area contributed by atoms with Crippen molar-refractivity contribution in [2.45, 2.75) is 31.9 Å². The number of pyridine rings is 2. The molecule has 2 heterocycles. The molecule has 39 heavy (non-hydrogen) atoms. The Morgan fingerprint density at radius 2 is 1.77 bits per heavy atom. The molecule has 1 atom stereocenters. The maximum atomic E-state index is 14.0. The Bertz CT molecular complexity index is 1620. The fourth-order valence-electron chi connectivity index (χ4n) is 4.34. The van der Waals surface area contributed by atoms with Gasteiger partial charge in [-0.3, -0.25) is 14.6 Å². The molecule has 7 nitrogen and oxygen atoms in total. The average molecular weight is 580 g/mol. The van der Waals surface area contributed by atoms with E-state index in [2.05, 4.69) is 10.3 Å². The summed E-state index contributed by atoms with van der Waals surface area (Å²) in [6, 6.07) is 10.0. The van der Waals surface area contributed by atoms with Gasteiger partial charge in [0.05, 0.1) is 38.3 Å². The smallest absolute Gasteiger partial charge is 0.366 e. The summed E-state index contributed by atoms with van der Waals surface area (Å²) in [5.41, 5.74) is -1.88. The summed E-state index contributed by atoms with van der Waals surface area (Å²) in [7, 11) is 1.38. The van der Waals surface area contributed by atoms with E-state index in [-0.39, 0.29) is 38.8 Å². The number of nitrogens with one attached hydrogen (secondary N) is 1. The highest BCUT2D eigenvalue weighted by Crippen LogP contribution is 2.38. The molecule has 0 radical (unpaired) electrons. The molecule has 2 aromatic heterocycles. The Morgan fingerprint density at radius 1 is 1.10 bits per heavy atom. The average Bonchev–Trinajstić information content (AvgIpc) is 2.86. The van der Waals surface area contributed by atoms with Gasteiger partial charge in [-0.25, -0.2) is 0 Å². The third-order valence-corrected chi connectivity index (χ3v) is 7.04. The number of aromatic nitrogens is 2. The topological polar surface area (TPSA) is 104 Å². The molecule has 4 rings (SSSR count). The summed E-state index contributed by atoms with van der Waals surface area (Å²) in [6.07, 6.45) is -5.58. The van der Waals surface area contributed by atoms with Gasteiger partial charge in [0.2, 0.25) is 0 Å². The van der Waals surface area contributed by atoms with Crippen LogP contribution in [0.3, 0.4) is 0 Å². The summed E-state index contributed by atoms with van der Waals surface area (Å²) < 4.78 is 43.1. The maximum absolute atomic E-state index is 14.0. The first-order valence-electron chi connectivity index (χ1n) is 11.6. The van der Waals surface area contributed by atoms with Crippen molar-refractivity contribution >= 4 is 40.0 Å². The number of halogens is 5. The molecule has 2 aromatic carbocycles. The standard InChI is InChI=1S/C27H22Cl2F3N3O4/c1-13-11-17(27(30,31)32)21(25(37)35(13)2)16-9-8-14(15-5-4-10-33-23(15)16)12-20(26(38)39)34-24(36)22-18(28)6-3-7-19(22)29/h3-11,20,26,38-39H,12H2,1-2H3,(H,34,36)/t20-/m0/s1. The Balaban J connectivity index is 1.81. The molecule has 1 amide bonds. The summed E-state index contributed by atoms with van der Waals surface area (Å²) in [6.45, 7) is 1.41. The molecule has 0 fully saturated rings. The van der Waals surface area contributed by atoms with Crippen LogP contribution in [0, 0.1) is 6.92 Å². The summed E-state index contributed by atoms with van der Waals surface area (Å²) in [4.78, 5) is 30.2. The van der Waals surface area contributed by atoms with Crippen LogP contribution in [0.2, 0.25) is 10.0 Å². The molecule has 0 bridgehead atoms. The van der Waals surface area contributed by atoms with E-state index in [4.69, 9.17) is 23.2 Å². The summed E-state index contributed by atoms with van der Waals surface area (Å²) in [5.74, 6) is -0.749. The first kappa shape index (κ1) is 28.6. The van der Waals surface area contributed by atoms with Crippen molar-refractivity contribution in [3.63, 3.8) is 0 Å². The van der Waals surface area contributed by atoms with Gasteiger partial charge in [0.25, 0.3) is 11.5 Å². The van der Waals surface area contributed by atoms with E-state index >= 15 is 0 Å². The highest BCUT2D eigenvalue weighted by Gasteiger charge is 2.36. The normalized spacial score (nSPS) is 12.7. The lowest BCUT2D eigenvalue weighted by atomic mass is 9.93. The molecule has 0 unspecified atom stereocenters. The number of alkyl halides is 3. The van der Waals surface area contributed by atoms with Gasteiger partial charge >= 0.3 is 6.18 Å². The van der Waals surface area contributed by atoms with Crippen LogP contribution in [0.15, 0.2) is 59.5 Å². The zero-order valence-electron chi connectivity index (χ0n) is 20.6. The van der Waals surface area contributed by atoms with Gasteiger partial charge in [0.15, 0.2) is 6.29 Å². The number of amides is 1. The van der Waals surface area contributed by atoms with Crippen LogP contribution in [-0.4, -0.2) is 38.0 Å². The number of hydrogen-bond donors (Lipinski definition) is 3. The first-order chi connectivity index (χ1) is 18.3. The minimum atomic E-state index is -4.80. The van der Waals surface area contributed by atoms with E-state index in [1.165, 1.54) is 44.4 Å². The molecule has 12 heteroatoms. The predicted octanol–water partition coefficient (Wildman–Crippen LogP) is 4.89. The molecule has 4 aromatic rings. The molecule has 0 spiro atoms. The zero-order valence-corrected chi connectivity index (χ0v) is 22.1. The second-order valence-electron chi connectivity index (χ2n) is 8.90. The second kappa shape index (κ2) is 11.0. The van der Waals surface area contributed by atoms with Crippen LogP contribution in [0.1, 0.15) is 27.2 Å². The van der Waals surface area contributed by atoms with Crippen molar-refractivity contribution in [3.8, 4) is 11.1 Å². The molecular formula is C27H22Cl2F3N3O4. The molecule has 204 valence electrons. The minimum Gasteiger partial charge on any atom is -0.366 e. The van der Waals surface area contributed by atoms with Crippen LogP contribution in [0.5, 0.6) is 0 Å². The maximum Gasteiger partial charge on any atom is 0.417 e. The van der Waals surface area contributed by atoms with Crippen molar-refractivity contribution in [1.82, 2.24) is 14.9 Å². The van der Waals surface area contributed by atoms with Crippen molar-refractivity contribution < 1.29 is 28.2 Å². The zero-order chi connectivity index (χ0) is 28.6. The number of carbonyl (C=O) groups excluding carboxylic acids is 1. The number of carbonyl (C=O) groups is 1. The van der Waals surface area contributed by atoms with E-state index in [0.717, 1.165) is 10.6 Å². The largest absolute Gasteiger partial charge is 0.417 e. The Kier molecular flexibility index (Phi) is 8.04. The molecule has 0 aliphatic heterocycles. The number of rotatable bonds is 6. The van der Waals surface area contributed by atoms with Crippen LogP contribution >= 0.6 is 23.2 Å². The number of aliphatic hydroxyl groups excluding tert-OH is 1. The van der Waals surface area contributed by atoms with Gasteiger partial charge in [-0.1, -0.05) is 47.5 Å². The SMILES string of the molecule is Cc1cc(C(F)(F)F)c(-c2ccc(C[C@H](NC(=O)c3c(Cl)cccc3Cl)C(O)O)c3cccnc23)c(=O)n1C. The molecule has 0 aliphatic carbocycles. The van der Waals surface area contributed by atoms with Gasteiger partial charge < -0.3 is 20.1 Å². The van der Waals surface area contributed by atoms with E-state index in [1.807, 2.05) is 0 Å². The second-order valence-corrected chi connectivity index (χ2v) is 9.72. The number of aliphatic hydroxyl groups is 2. The van der Waals surface area contributed by atoms with Crippen molar-refractivity contribution in [1.29, 1.82) is 0 Å². The van der Waals surface area contributed by atoms with Gasteiger partial charge in [-0.15, -0.1) is 0 Å². The van der Waals surface area contributed by atoms with Crippen LogP contribution in [0.4, 0.5) is 13.2 Å². The fraction of sp³-hybridized carbons (Fsp3) is 0.222. The molecule has 0 saturated carbocycles. The number of benzene rings is 2. The van der Waals surface area contributed by atoms with Crippen LogP contribution < -0.4 is 10.9 Å². The van der Waals surface area contributed by atoms with E-state index in [1.54, 1.807) is 18.2 Å². The van der Waals surface area contributed by atoms with Crippen molar-refractivity contribution in [3.05, 3.63) is 97.5 Å². The lowest BCUT2D eigenvalue weighted by molar-refractivity contribution is -0.137. The lowest BCUT2D eigenvalue weighted by Crippen LogP contribution is -2.45. The van der Waals surface area contributed by atoms with Gasteiger partial charge in [-0.05, 0) is 43.2 Å².